The summed E-state index contributed by atoms with van der Waals surface area (Å²) < 4.78 is 1.51. The van der Waals surface area contributed by atoms with Gasteiger partial charge in [-0.25, -0.2) is 4.98 Å². The molecule has 5 nitrogen and oxygen atoms in total. The van der Waals surface area contributed by atoms with Crippen molar-refractivity contribution >= 4 is 27.5 Å². The quantitative estimate of drug-likeness (QED) is 0.616. The van der Waals surface area contributed by atoms with Gasteiger partial charge in [-0.05, 0) is 34.9 Å². The third-order valence-electron chi connectivity index (χ3n) is 4.89. The summed E-state index contributed by atoms with van der Waals surface area (Å²) in [6, 6.07) is 10.2. The normalized spacial score (nSPS) is 12.4. The lowest BCUT2D eigenvalue weighted by Gasteiger charge is -2.23. The van der Waals surface area contributed by atoms with Crippen molar-refractivity contribution in [3.8, 4) is 0 Å². The van der Waals surface area contributed by atoms with Gasteiger partial charge in [-0.1, -0.05) is 51.5 Å². The minimum atomic E-state index is -0.0917. The monoisotopic (exact) mass is 397 g/mol. The molecule has 2 heterocycles. The summed E-state index contributed by atoms with van der Waals surface area (Å²) in [6.07, 6.45) is 3.96. The molecule has 1 aromatic carbocycles. The van der Waals surface area contributed by atoms with Crippen molar-refractivity contribution in [1.82, 2.24) is 14.9 Å². The molecular weight excluding hydrogens is 370 g/mol. The fourth-order valence-corrected chi connectivity index (χ4v) is 4.06. The number of nitrogens with zero attached hydrogens (tertiary/aromatic N) is 2. The third kappa shape index (κ3) is 4.68. The highest BCUT2D eigenvalue weighted by molar-refractivity contribution is 7.16. The van der Waals surface area contributed by atoms with Gasteiger partial charge in [-0.15, -0.1) is 11.3 Å². The predicted octanol–water partition coefficient (Wildman–Crippen LogP) is 4.31. The fourth-order valence-electron chi connectivity index (χ4n) is 3.34. The van der Waals surface area contributed by atoms with Crippen molar-refractivity contribution in [2.45, 2.75) is 52.6 Å². The number of benzene rings is 1. The van der Waals surface area contributed by atoms with Crippen molar-refractivity contribution in [3.63, 3.8) is 0 Å². The summed E-state index contributed by atoms with van der Waals surface area (Å²) in [5.74, 6) is 0.209. The maximum Gasteiger partial charge on any atom is 0.262 e. The van der Waals surface area contributed by atoms with Crippen molar-refractivity contribution in [2.75, 3.05) is 0 Å². The highest BCUT2D eigenvalue weighted by Crippen LogP contribution is 2.22. The number of carbonyl (C=O) groups excluding carboxylic acids is 1. The lowest BCUT2D eigenvalue weighted by Crippen LogP contribution is -2.33. The molecule has 3 aromatic rings. The van der Waals surface area contributed by atoms with Crippen LogP contribution in [0.4, 0.5) is 0 Å². The van der Waals surface area contributed by atoms with Crippen LogP contribution in [0.3, 0.4) is 0 Å². The molecule has 0 saturated heterocycles. The van der Waals surface area contributed by atoms with Crippen LogP contribution < -0.4 is 10.9 Å². The van der Waals surface area contributed by atoms with Crippen LogP contribution in [-0.4, -0.2) is 15.5 Å². The zero-order chi connectivity index (χ0) is 20.1. The van der Waals surface area contributed by atoms with Crippen LogP contribution in [0.2, 0.25) is 0 Å². The first-order chi connectivity index (χ1) is 13.5. The van der Waals surface area contributed by atoms with Crippen LogP contribution >= 0.6 is 11.3 Å². The SMILES string of the molecule is CCCc1ccc(C(NC(=O)CCn2cnc3sccc3c2=O)C(C)C)cc1. The Hall–Kier alpha value is -2.47. The first kappa shape index (κ1) is 20.3. The molecule has 0 saturated carbocycles. The Morgan fingerprint density at radius 2 is 1.96 bits per heavy atom. The molecule has 0 aliphatic heterocycles. The lowest BCUT2D eigenvalue weighted by atomic mass is 9.94. The Morgan fingerprint density at radius 3 is 2.64 bits per heavy atom. The minimum Gasteiger partial charge on any atom is -0.349 e. The average molecular weight is 398 g/mol. The standard InChI is InChI=1S/C22H27N3O2S/c1-4-5-16-6-8-17(9-7-16)20(15(2)3)24-19(26)10-12-25-14-23-21-18(22(25)27)11-13-28-21/h6-9,11,13-15,20H,4-5,10,12H2,1-3H3,(H,24,26). The van der Waals surface area contributed by atoms with Gasteiger partial charge >= 0.3 is 0 Å². The van der Waals surface area contributed by atoms with Crippen molar-refractivity contribution in [3.05, 3.63) is 63.5 Å². The molecule has 28 heavy (non-hydrogen) atoms. The molecule has 0 fully saturated rings. The average Bonchev–Trinajstić information content (AvgIpc) is 3.16. The molecule has 1 unspecified atom stereocenters. The number of thiophene rings is 1. The van der Waals surface area contributed by atoms with E-state index >= 15 is 0 Å². The predicted molar refractivity (Wildman–Crippen MR) is 115 cm³/mol. The summed E-state index contributed by atoms with van der Waals surface area (Å²) in [6.45, 7) is 6.69. The minimum absolute atomic E-state index is 0.0441. The molecule has 0 bridgehead atoms. The topological polar surface area (TPSA) is 64.0 Å². The molecule has 0 aliphatic carbocycles. The first-order valence-corrected chi connectivity index (χ1v) is 10.7. The second kappa shape index (κ2) is 9.15. The highest BCUT2D eigenvalue weighted by Gasteiger charge is 2.18. The van der Waals surface area contributed by atoms with E-state index in [9.17, 15) is 9.59 Å². The van der Waals surface area contributed by atoms with E-state index in [4.69, 9.17) is 0 Å². The number of hydrogen-bond acceptors (Lipinski definition) is 4. The van der Waals surface area contributed by atoms with Crippen molar-refractivity contribution < 1.29 is 4.79 Å². The van der Waals surface area contributed by atoms with Gasteiger partial charge in [-0.2, -0.15) is 0 Å². The fraction of sp³-hybridized carbons (Fsp3) is 0.409. The van der Waals surface area contributed by atoms with Crippen LogP contribution in [0, 0.1) is 5.92 Å². The van der Waals surface area contributed by atoms with Gasteiger partial charge in [0.15, 0.2) is 0 Å². The summed E-state index contributed by atoms with van der Waals surface area (Å²) >= 11 is 1.44. The summed E-state index contributed by atoms with van der Waals surface area (Å²) in [5, 5.41) is 5.60. The van der Waals surface area contributed by atoms with Gasteiger partial charge in [0.05, 0.1) is 17.8 Å². The Bertz CT molecular complexity index is 989. The molecule has 0 aliphatic rings. The van der Waals surface area contributed by atoms with Crippen LogP contribution in [0.15, 0.2) is 46.8 Å². The maximum atomic E-state index is 12.6. The zero-order valence-electron chi connectivity index (χ0n) is 16.6. The molecule has 1 atom stereocenters. The van der Waals surface area contributed by atoms with Crippen LogP contribution in [-0.2, 0) is 17.8 Å². The maximum absolute atomic E-state index is 12.6. The Kier molecular flexibility index (Phi) is 6.62. The number of hydrogen-bond donors (Lipinski definition) is 1. The van der Waals surface area contributed by atoms with E-state index in [1.54, 1.807) is 6.07 Å². The summed E-state index contributed by atoms with van der Waals surface area (Å²) in [5.41, 5.74) is 2.34. The Balaban J connectivity index is 1.65. The number of rotatable bonds is 8. The van der Waals surface area contributed by atoms with Gasteiger partial charge in [0.1, 0.15) is 4.83 Å². The van der Waals surface area contributed by atoms with Crippen LogP contribution in [0.5, 0.6) is 0 Å². The van der Waals surface area contributed by atoms with Crippen LogP contribution in [0.1, 0.15) is 50.8 Å². The molecular formula is C22H27N3O2S. The summed E-state index contributed by atoms with van der Waals surface area (Å²) in [7, 11) is 0. The molecule has 0 spiro atoms. The summed E-state index contributed by atoms with van der Waals surface area (Å²) in [4.78, 5) is 30.0. The number of aromatic nitrogens is 2. The van der Waals surface area contributed by atoms with Crippen molar-refractivity contribution in [2.24, 2.45) is 5.92 Å². The van der Waals surface area contributed by atoms with Crippen molar-refractivity contribution in [1.29, 1.82) is 0 Å². The lowest BCUT2D eigenvalue weighted by molar-refractivity contribution is -0.122. The Labute approximate surface area is 169 Å². The van der Waals surface area contributed by atoms with Crippen LogP contribution in [0.25, 0.3) is 10.2 Å². The molecule has 1 N–H and O–H groups in total. The van der Waals surface area contributed by atoms with E-state index in [0.717, 1.165) is 23.2 Å². The van der Waals surface area contributed by atoms with E-state index in [0.29, 0.717) is 11.9 Å². The van der Waals surface area contributed by atoms with E-state index in [-0.39, 0.29) is 29.8 Å². The number of fused-ring (bicyclic) bond motifs is 1. The number of aryl methyl sites for hydroxylation is 2. The van der Waals surface area contributed by atoms with Gasteiger partial charge in [-0.3, -0.25) is 14.2 Å². The number of nitrogens with one attached hydrogen (secondary N) is 1. The third-order valence-corrected chi connectivity index (χ3v) is 5.71. The van der Waals surface area contributed by atoms with Gasteiger partial charge in [0.2, 0.25) is 5.91 Å². The van der Waals surface area contributed by atoms with E-state index in [1.165, 1.54) is 27.8 Å². The van der Waals surface area contributed by atoms with E-state index in [2.05, 4.69) is 55.3 Å². The molecule has 2 aromatic heterocycles. The number of amides is 1. The van der Waals surface area contributed by atoms with Gasteiger partial charge in [0.25, 0.3) is 5.56 Å². The highest BCUT2D eigenvalue weighted by atomic mass is 32.1. The van der Waals surface area contributed by atoms with Gasteiger partial charge < -0.3 is 5.32 Å². The Morgan fingerprint density at radius 1 is 1.21 bits per heavy atom. The molecule has 3 rings (SSSR count). The first-order valence-electron chi connectivity index (χ1n) is 9.80. The number of carbonyl (C=O) groups is 1. The largest absolute Gasteiger partial charge is 0.349 e. The second-order valence-electron chi connectivity index (χ2n) is 7.41. The van der Waals surface area contributed by atoms with Gasteiger partial charge in [0, 0.05) is 13.0 Å². The van der Waals surface area contributed by atoms with E-state index < -0.39 is 0 Å². The zero-order valence-corrected chi connectivity index (χ0v) is 17.5. The van der Waals surface area contributed by atoms with E-state index in [1.807, 2.05) is 5.38 Å². The molecule has 6 heteroatoms. The molecule has 148 valence electrons. The molecule has 0 radical (unpaired) electrons. The molecule has 1 amide bonds. The smallest absolute Gasteiger partial charge is 0.262 e. The second-order valence-corrected chi connectivity index (χ2v) is 8.31.